The van der Waals surface area contributed by atoms with Crippen molar-refractivity contribution in [3.8, 4) is 5.69 Å². The van der Waals surface area contributed by atoms with Gasteiger partial charge in [0.2, 0.25) is 0 Å². The number of nitrogens with zero attached hydrogens (tertiary/aromatic N) is 2. The monoisotopic (exact) mass is 332 g/mol. The molecule has 1 aliphatic carbocycles. The van der Waals surface area contributed by atoms with Crippen LogP contribution in [0.5, 0.6) is 0 Å². The average Bonchev–Trinajstić information content (AvgIpc) is 3.04. The number of carbonyl (C=O) groups is 1. The number of hydrogen-bond donors (Lipinski definition) is 3. The Bertz CT molecular complexity index is 703. The molecule has 6 nitrogen and oxygen atoms in total. The van der Waals surface area contributed by atoms with Gasteiger partial charge in [-0.3, -0.25) is 0 Å². The van der Waals surface area contributed by atoms with Crippen molar-refractivity contribution >= 4 is 11.7 Å². The van der Waals surface area contributed by atoms with Crippen molar-refractivity contribution in [2.75, 3.05) is 11.9 Å². The Morgan fingerprint density at radius 1 is 1.33 bits per heavy atom. The second kappa shape index (κ2) is 7.44. The molecule has 1 aromatic carbocycles. The minimum absolute atomic E-state index is 0.0228. The number of aliphatic hydroxyl groups is 1. The van der Waals surface area contributed by atoms with Crippen molar-refractivity contribution in [3.63, 3.8) is 0 Å². The van der Waals surface area contributed by atoms with E-state index in [1.807, 2.05) is 0 Å². The Morgan fingerprint density at radius 3 is 2.92 bits per heavy atom. The summed E-state index contributed by atoms with van der Waals surface area (Å²) in [5, 5.41) is 19.1. The van der Waals surface area contributed by atoms with Crippen molar-refractivity contribution in [1.29, 1.82) is 0 Å². The van der Waals surface area contributed by atoms with Crippen molar-refractivity contribution in [2.45, 2.75) is 31.7 Å². The van der Waals surface area contributed by atoms with Crippen LogP contribution in [0.2, 0.25) is 0 Å². The molecule has 24 heavy (non-hydrogen) atoms. The van der Waals surface area contributed by atoms with Crippen LogP contribution in [0.4, 0.5) is 14.9 Å². The van der Waals surface area contributed by atoms with E-state index in [0.717, 1.165) is 25.7 Å². The van der Waals surface area contributed by atoms with Crippen molar-refractivity contribution < 1.29 is 14.3 Å². The lowest BCUT2D eigenvalue weighted by molar-refractivity contribution is 0.156. The van der Waals surface area contributed by atoms with Gasteiger partial charge in [0.1, 0.15) is 11.5 Å². The third kappa shape index (κ3) is 3.73. The van der Waals surface area contributed by atoms with Gasteiger partial charge in [-0.15, -0.1) is 0 Å². The zero-order valence-corrected chi connectivity index (χ0v) is 13.3. The number of carbonyl (C=O) groups excluding carboxylic acids is 1. The predicted octanol–water partition coefficient (Wildman–Crippen LogP) is 2.68. The quantitative estimate of drug-likeness (QED) is 0.805. The largest absolute Gasteiger partial charge is 0.396 e. The standard InChI is InChI=1S/C17H21FN4O2/c18-14-6-2-4-8-16(14)22-10-13(9-19-22)20-17(24)21-15-7-3-1-5-12(15)11-23/h2,4,6,8-10,12,15,23H,1,3,5,7,11H2,(H2,20,21,24). The first kappa shape index (κ1) is 16.4. The van der Waals surface area contributed by atoms with Gasteiger partial charge in [0.05, 0.1) is 18.1 Å². The van der Waals surface area contributed by atoms with Crippen LogP contribution in [-0.2, 0) is 0 Å². The highest BCUT2D eigenvalue weighted by molar-refractivity contribution is 5.89. The molecular formula is C17H21FN4O2. The van der Waals surface area contributed by atoms with Crippen LogP contribution in [-0.4, -0.2) is 33.6 Å². The topological polar surface area (TPSA) is 79.2 Å². The van der Waals surface area contributed by atoms with Crippen LogP contribution >= 0.6 is 0 Å². The molecule has 0 bridgehead atoms. The van der Waals surface area contributed by atoms with Gasteiger partial charge < -0.3 is 15.7 Å². The number of urea groups is 1. The van der Waals surface area contributed by atoms with E-state index in [9.17, 15) is 14.3 Å². The first-order valence-corrected chi connectivity index (χ1v) is 8.15. The van der Waals surface area contributed by atoms with Gasteiger partial charge in [0, 0.05) is 18.6 Å². The summed E-state index contributed by atoms with van der Waals surface area (Å²) in [7, 11) is 0. The van der Waals surface area contributed by atoms with Crippen LogP contribution in [0, 0.1) is 11.7 Å². The molecule has 0 spiro atoms. The highest BCUT2D eigenvalue weighted by atomic mass is 19.1. The maximum Gasteiger partial charge on any atom is 0.319 e. The second-order valence-corrected chi connectivity index (χ2v) is 6.06. The number of hydrogen-bond acceptors (Lipinski definition) is 3. The number of aromatic nitrogens is 2. The Labute approximate surface area is 139 Å². The molecule has 2 unspecified atom stereocenters. The zero-order chi connectivity index (χ0) is 16.9. The Hall–Kier alpha value is -2.41. The number of benzene rings is 1. The minimum Gasteiger partial charge on any atom is -0.396 e. The zero-order valence-electron chi connectivity index (χ0n) is 13.3. The molecule has 7 heteroatoms. The molecule has 3 N–H and O–H groups in total. The van der Waals surface area contributed by atoms with E-state index < -0.39 is 0 Å². The van der Waals surface area contributed by atoms with Gasteiger partial charge in [-0.1, -0.05) is 25.0 Å². The molecule has 2 amide bonds. The fourth-order valence-corrected chi connectivity index (χ4v) is 3.11. The van der Waals surface area contributed by atoms with Crippen molar-refractivity contribution in [3.05, 3.63) is 42.5 Å². The number of aliphatic hydroxyl groups excluding tert-OH is 1. The third-order valence-corrected chi connectivity index (χ3v) is 4.40. The SMILES string of the molecule is O=C(Nc1cnn(-c2ccccc2F)c1)NC1CCCCC1CO. The lowest BCUT2D eigenvalue weighted by Gasteiger charge is -2.30. The van der Waals surface area contributed by atoms with Gasteiger partial charge in [-0.05, 0) is 25.0 Å². The molecule has 0 aliphatic heterocycles. The fraction of sp³-hybridized carbons (Fsp3) is 0.412. The molecule has 128 valence electrons. The van der Waals surface area contributed by atoms with Gasteiger partial charge in [0.15, 0.2) is 0 Å². The molecule has 3 rings (SSSR count). The molecule has 1 aromatic heterocycles. The molecule has 1 fully saturated rings. The summed E-state index contributed by atoms with van der Waals surface area (Å²) in [6.07, 6.45) is 6.95. The van der Waals surface area contributed by atoms with E-state index >= 15 is 0 Å². The number of halogens is 1. The maximum absolute atomic E-state index is 13.8. The molecule has 2 atom stereocenters. The molecule has 1 heterocycles. The molecule has 1 saturated carbocycles. The Kier molecular flexibility index (Phi) is 5.10. The Balaban J connectivity index is 1.62. The molecule has 2 aromatic rings. The number of nitrogens with one attached hydrogen (secondary N) is 2. The summed E-state index contributed by atoms with van der Waals surface area (Å²) in [5.41, 5.74) is 0.797. The van der Waals surface area contributed by atoms with Gasteiger partial charge in [-0.25, -0.2) is 13.9 Å². The number of rotatable bonds is 4. The highest BCUT2D eigenvalue weighted by Crippen LogP contribution is 2.24. The van der Waals surface area contributed by atoms with Crippen molar-refractivity contribution in [1.82, 2.24) is 15.1 Å². The minimum atomic E-state index is -0.385. The molecular weight excluding hydrogens is 311 g/mol. The molecule has 1 aliphatic rings. The van der Waals surface area contributed by atoms with E-state index in [4.69, 9.17) is 0 Å². The summed E-state index contributed by atoms with van der Waals surface area (Å²) in [5.74, 6) is -0.282. The van der Waals surface area contributed by atoms with E-state index in [-0.39, 0.29) is 30.4 Å². The summed E-state index contributed by atoms with van der Waals surface area (Å²) >= 11 is 0. The lowest BCUT2D eigenvalue weighted by atomic mass is 9.85. The lowest BCUT2D eigenvalue weighted by Crippen LogP contribution is -2.45. The smallest absolute Gasteiger partial charge is 0.319 e. The molecule has 0 radical (unpaired) electrons. The third-order valence-electron chi connectivity index (χ3n) is 4.40. The van der Waals surface area contributed by atoms with E-state index in [0.29, 0.717) is 11.4 Å². The second-order valence-electron chi connectivity index (χ2n) is 6.06. The van der Waals surface area contributed by atoms with Crippen LogP contribution in [0.25, 0.3) is 5.69 Å². The number of para-hydroxylation sites is 1. The number of anilines is 1. The Morgan fingerprint density at radius 2 is 2.12 bits per heavy atom. The summed E-state index contributed by atoms with van der Waals surface area (Å²) in [4.78, 5) is 12.1. The maximum atomic E-state index is 13.8. The number of amides is 2. The predicted molar refractivity (Wildman–Crippen MR) is 88.5 cm³/mol. The normalized spacial score (nSPS) is 20.6. The highest BCUT2D eigenvalue weighted by Gasteiger charge is 2.25. The fourth-order valence-electron chi connectivity index (χ4n) is 3.11. The summed E-state index contributed by atoms with van der Waals surface area (Å²) in [6, 6.07) is 5.93. The van der Waals surface area contributed by atoms with Crippen LogP contribution in [0.3, 0.4) is 0 Å². The van der Waals surface area contributed by atoms with E-state index in [1.54, 1.807) is 24.4 Å². The van der Waals surface area contributed by atoms with Gasteiger partial charge >= 0.3 is 6.03 Å². The van der Waals surface area contributed by atoms with Crippen LogP contribution in [0.15, 0.2) is 36.7 Å². The van der Waals surface area contributed by atoms with Crippen LogP contribution < -0.4 is 10.6 Å². The van der Waals surface area contributed by atoms with Crippen molar-refractivity contribution in [2.24, 2.45) is 5.92 Å². The van der Waals surface area contributed by atoms with E-state index in [1.165, 1.54) is 16.9 Å². The summed E-state index contributed by atoms with van der Waals surface area (Å²) in [6.45, 7) is 0.0795. The first-order valence-electron chi connectivity index (χ1n) is 8.15. The average molecular weight is 332 g/mol. The van der Waals surface area contributed by atoms with Crippen LogP contribution in [0.1, 0.15) is 25.7 Å². The van der Waals surface area contributed by atoms with E-state index in [2.05, 4.69) is 15.7 Å². The summed E-state index contributed by atoms with van der Waals surface area (Å²) < 4.78 is 15.1. The molecule has 0 saturated heterocycles. The van der Waals surface area contributed by atoms with Gasteiger partial charge in [-0.2, -0.15) is 5.10 Å². The first-order chi connectivity index (χ1) is 11.7. The van der Waals surface area contributed by atoms with Gasteiger partial charge in [0.25, 0.3) is 0 Å².